The molecule has 0 spiro atoms. The van der Waals surface area contributed by atoms with Gasteiger partial charge in [0.2, 0.25) is 0 Å². The van der Waals surface area contributed by atoms with Crippen LogP contribution in [-0.2, 0) is 23.3 Å². The van der Waals surface area contributed by atoms with Crippen LogP contribution in [0.4, 0.5) is 26.3 Å². The number of hydrogen-bond acceptors (Lipinski definition) is 5. The summed E-state index contributed by atoms with van der Waals surface area (Å²) in [4.78, 5) is 0. The quantitative estimate of drug-likeness (QED) is 0.434. The minimum absolute atomic E-state index is 1.04. The SMILES string of the molecule is [Li][S](=O)(O)(S(=O)(=O)C(F)(F)F)S(=O)(=O)C(F)(F)F. The molecule has 0 atom stereocenters. The van der Waals surface area contributed by atoms with E-state index in [0.717, 1.165) is 0 Å². The topological polar surface area (TPSA) is 106 Å². The van der Waals surface area contributed by atoms with Crippen LogP contribution in [0.5, 0.6) is 0 Å². The van der Waals surface area contributed by atoms with Crippen LogP contribution in [0.15, 0.2) is 0 Å². The normalized spacial score (nSPS) is 18.2. The second-order valence-corrected chi connectivity index (χ2v) is 15.8. The number of halogens is 6. The summed E-state index contributed by atoms with van der Waals surface area (Å²) in [5.74, 6) is 0. The summed E-state index contributed by atoms with van der Waals surface area (Å²) in [7, 11) is -15.0. The monoisotopic (exact) mass is 338 g/mol. The van der Waals surface area contributed by atoms with Gasteiger partial charge in [0.1, 0.15) is 0 Å². The molecule has 0 rings (SSSR count). The van der Waals surface area contributed by atoms with Gasteiger partial charge in [-0.1, -0.05) is 0 Å². The van der Waals surface area contributed by atoms with Gasteiger partial charge < -0.3 is 0 Å². The van der Waals surface area contributed by atoms with Gasteiger partial charge in [-0.2, -0.15) is 0 Å². The summed E-state index contributed by atoms with van der Waals surface area (Å²) in [6.07, 6.45) is 0. The standard InChI is InChI=1S/C2HF6O6S3.Li/c3-1(4,5)15(9,10)17(13,14)16(11,12)2(6,7)8;/h(H,13,14);. The Hall–Kier alpha value is 0.187. The van der Waals surface area contributed by atoms with Crippen LogP contribution in [0.3, 0.4) is 0 Å². The molecule has 0 saturated carbocycles. The fourth-order valence-corrected chi connectivity index (χ4v) is 8.42. The summed E-state index contributed by atoms with van der Waals surface area (Å²) >= 11 is -1.04. The molecule has 1 N–H and O–H groups in total. The molecule has 0 fully saturated rings. The summed E-state index contributed by atoms with van der Waals surface area (Å²) in [6, 6.07) is 0. The van der Waals surface area contributed by atoms with E-state index in [1.54, 1.807) is 0 Å². The first-order chi connectivity index (χ1) is 7.29. The van der Waals surface area contributed by atoms with Crippen LogP contribution < -0.4 is 0 Å². The Labute approximate surface area is 103 Å². The number of alkyl halides is 6. The van der Waals surface area contributed by atoms with E-state index < -0.39 is 50.8 Å². The van der Waals surface area contributed by atoms with Crippen molar-refractivity contribution in [3.05, 3.63) is 0 Å². The molecule has 0 aliphatic rings. The zero-order valence-electron chi connectivity index (χ0n) is 7.98. The van der Waals surface area contributed by atoms with Crippen LogP contribution in [-0.4, -0.2) is 53.1 Å². The van der Waals surface area contributed by atoms with Crippen LogP contribution in [0.25, 0.3) is 0 Å². The Morgan fingerprint density at radius 1 is 0.833 bits per heavy atom. The number of rotatable bonds is 2. The third-order valence-corrected chi connectivity index (χ3v) is 15.0. The summed E-state index contributed by atoms with van der Waals surface area (Å²) < 4.78 is 134. The van der Waals surface area contributed by atoms with Gasteiger partial charge in [-0.25, -0.2) is 0 Å². The predicted molar refractivity (Wildman–Crippen MR) is 46.5 cm³/mol. The molecule has 0 saturated heterocycles. The first kappa shape index (κ1) is 18.2. The van der Waals surface area contributed by atoms with Crippen LogP contribution in [0.1, 0.15) is 0 Å². The Bertz CT molecular complexity index is 565. The van der Waals surface area contributed by atoms with Crippen LogP contribution >= 0.6 is 0 Å². The first-order valence-electron chi connectivity index (χ1n) is 3.30. The Morgan fingerprint density at radius 2 is 1.00 bits per heavy atom. The fourth-order valence-electron chi connectivity index (χ4n) is 0.546. The molecule has 16 heteroatoms. The average Bonchev–Trinajstić information content (AvgIpc) is 1.97. The van der Waals surface area contributed by atoms with Crippen LogP contribution in [0, 0.1) is 0 Å². The number of hydrogen-bond donors (Lipinski definition) is 1. The molecule has 0 aromatic rings. The van der Waals surface area contributed by atoms with Gasteiger partial charge in [0.05, 0.1) is 0 Å². The van der Waals surface area contributed by atoms with Gasteiger partial charge in [0, 0.05) is 0 Å². The van der Waals surface area contributed by atoms with Gasteiger partial charge in [-0.15, -0.1) is 0 Å². The molecular formula is C2HF6LiO6S3. The second-order valence-electron chi connectivity index (χ2n) is 2.91. The van der Waals surface area contributed by atoms with E-state index in [0.29, 0.717) is 0 Å². The van der Waals surface area contributed by atoms with E-state index in [9.17, 15) is 47.4 Å². The Balaban J connectivity index is 6.72. The van der Waals surface area contributed by atoms with Crippen molar-refractivity contribution >= 4 is 39.8 Å². The molecule has 0 aliphatic carbocycles. The van der Waals surface area contributed by atoms with Crippen molar-refractivity contribution < 1.29 is 51.9 Å². The van der Waals surface area contributed by atoms with Gasteiger partial charge in [0.15, 0.2) is 0 Å². The van der Waals surface area contributed by atoms with Crippen molar-refractivity contribution in [2.75, 3.05) is 0 Å². The predicted octanol–water partition coefficient (Wildman–Crippen LogP) is 0.0622. The molecule has 18 heavy (non-hydrogen) atoms. The molecule has 106 valence electrons. The van der Waals surface area contributed by atoms with Gasteiger partial charge in [0.25, 0.3) is 0 Å². The molecule has 0 unspecified atom stereocenters. The van der Waals surface area contributed by atoms with E-state index in [1.807, 2.05) is 0 Å². The van der Waals surface area contributed by atoms with Crippen molar-refractivity contribution in [1.82, 2.24) is 0 Å². The molecular weight excluding hydrogens is 337 g/mol. The second kappa shape index (κ2) is 3.85. The van der Waals surface area contributed by atoms with Crippen molar-refractivity contribution in [1.29, 1.82) is 0 Å². The summed E-state index contributed by atoms with van der Waals surface area (Å²) in [6.45, 7) is 0. The third kappa shape index (κ3) is 2.10. The van der Waals surface area contributed by atoms with Gasteiger partial charge in [-0.05, 0) is 0 Å². The van der Waals surface area contributed by atoms with E-state index in [1.165, 1.54) is 0 Å². The van der Waals surface area contributed by atoms with Crippen molar-refractivity contribution in [3.8, 4) is 0 Å². The molecule has 0 amide bonds. The third-order valence-electron chi connectivity index (χ3n) is 1.56. The molecule has 6 nitrogen and oxygen atoms in total. The van der Waals surface area contributed by atoms with E-state index in [-0.39, 0.29) is 0 Å². The maximum absolute atomic E-state index is 11.9. The zero-order chi connectivity index (χ0) is 15.4. The molecule has 0 bridgehead atoms. The van der Waals surface area contributed by atoms with Gasteiger partial charge >= 0.3 is 103 Å². The molecule has 0 radical (unpaired) electrons. The van der Waals surface area contributed by atoms with Crippen molar-refractivity contribution in [2.24, 2.45) is 0 Å². The summed E-state index contributed by atoms with van der Waals surface area (Å²) in [5.41, 5.74) is -21.5. The zero-order valence-corrected chi connectivity index (χ0v) is 10.4. The van der Waals surface area contributed by atoms with E-state index in [2.05, 4.69) is 0 Å². The fraction of sp³-hybridized carbons (Fsp3) is 1.00. The van der Waals surface area contributed by atoms with Gasteiger partial charge in [-0.3, -0.25) is 0 Å². The maximum atomic E-state index is 11.9. The minimum atomic E-state index is -8.18. The summed E-state index contributed by atoms with van der Waals surface area (Å²) in [5, 5.41) is 0. The average molecular weight is 338 g/mol. The Kier molecular flexibility index (Phi) is 3.89. The molecule has 0 aromatic heterocycles. The van der Waals surface area contributed by atoms with Crippen LogP contribution in [0.2, 0.25) is 0 Å². The van der Waals surface area contributed by atoms with Crippen molar-refractivity contribution in [2.45, 2.75) is 11.0 Å². The van der Waals surface area contributed by atoms with E-state index >= 15 is 0 Å². The molecule has 0 aliphatic heterocycles. The first-order valence-corrected chi connectivity index (χ1v) is 9.63. The molecule has 0 aromatic carbocycles. The van der Waals surface area contributed by atoms with Crippen molar-refractivity contribution in [3.63, 3.8) is 0 Å². The van der Waals surface area contributed by atoms with E-state index in [4.69, 9.17) is 4.55 Å². The molecule has 0 heterocycles. The Morgan fingerprint density at radius 3 is 1.11 bits per heavy atom.